The van der Waals surface area contributed by atoms with E-state index in [1.807, 2.05) is 106 Å². The van der Waals surface area contributed by atoms with E-state index in [2.05, 4.69) is 56.7 Å². The van der Waals surface area contributed by atoms with Crippen molar-refractivity contribution >= 4 is 101 Å². The number of hydrogen-bond donors (Lipinski definition) is 5. The van der Waals surface area contributed by atoms with Crippen LogP contribution in [0.25, 0.3) is 16.0 Å². The van der Waals surface area contributed by atoms with Crippen LogP contribution in [-0.2, 0) is 39.0 Å². The first-order valence-corrected chi connectivity index (χ1v) is 41.1. The number of sulfonamides is 1. The normalized spacial score (nSPS) is 18.6. The summed E-state index contributed by atoms with van der Waals surface area (Å²) in [6.07, 6.45) is 4.09. The van der Waals surface area contributed by atoms with E-state index < -0.39 is 106 Å². The number of anilines is 2. The number of hydrogen-bond acceptors (Lipinski definition) is 17. The molecule has 4 aliphatic rings. The molecule has 20 nitrogen and oxygen atoms in total. The van der Waals surface area contributed by atoms with E-state index in [9.17, 15) is 59.1 Å². The number of aliphatic hydroxyl groups excluding tert-OH is 1. The molecule has 6 aromatic rings. The number of rotatable bonds is 28. The van der Waals surface area contributed by atoms with Gasteiger partial charge in [0.15, 0.2) is 0 Å². The number of piperazine rings is 2. The van der Waals surface area contributed by atoms with Crippen LogP contribution in [0.4, 0.5) is 28.9 Å². The van der Waals surface area contributed by atoms with Crippen molar-refractivity contribution in [2.75, 3.05) is 88.0 Å². The predicted molar refractivity (Wildman–Crippen MR) is 407 cm³/mol. The van der Waals surface area contributed by atoms with Crippen molar-refractivity contribution < 1.29 is 63.5 Å². The molecule has 4 heterocycles. The fourth-order valence-electron chi connectivity index (χ4n) is 14.1. The molecule has 0 saturated carbocycles. The molecule has 3 aliphatic heterocycles. The average Bonchev–Trinajstić information content (AvgIpc) is 0.925. The fourth-order valence-corrected chi connectivity index (χ4v) is 18.0. The molecular formula is C77H95ClF4N10O10S4. The summed E-state index contributed by atoms with van der Waals surface area (Å²) in [6, 6.07) is 27.6. The Balaban J connectivity index is 0.697. The van der Waals surface area contributed by atoms with Gasteiger partial charge in [0, 0.05) is 119 Å². The van der Waals surface area contributed by atoms with Crippen LogP contribution in [0.2, 0.25) is 5.02 Å². The summed E-state index contributed by atoms with van der Waals surface area (Å²) in [6.45, 7) is 18.9. The van der Waals surface area contributed by atoms with Gasteiger partial charge in [-0.05, 0) is 146 Å². The van der Waals surface area contributed by atoms with Gasteiger partial charge in [-0.3, -0.25) is 33.8 Å². The molecule has 3 saturated heterocycles. The molecule has 572 valence electrons. The fraction of sp³-hybridized carbons (Fsp3) is 0.481. The lowest BCUT2D eigenvalue weighted by molar-refractivity contribution is -0.144. The van der Waals surface area contributed by atoms with Crippen molar-refractivity contribution in [2.24, 2.45) is 10.8 Å². The van der Waals surface area contributed by atoms with Crippen LogP contribution in [-0.4, -0.2) is 184 Å². The minimum atomic E-state index is -6.25. The highest BCUT2D eigenvalue weighted by molar-refractivity contribution is 7.99. The van der Waals surface area contributed by atoms with E-state index in [-0.39, 0.29) is 55.2 Å². The number of amides is 5. The maximum absolute atomic E-state index is 15.9. The van der Waals surface area contributed by atoms with Crippen molar-refractivity contribution in [1.82, 2.24) is 39.9 Å². The summed E-state index contributed by atoms with van der Waals surface area (Å²) in [4.78, 5) is 82.0. The lowest BCUT2D eigenvalue weighted by Crippen LogP contribution is -2.57. The van der Waals surface area contributed by atoms with E-state index in [0.29, 0.717) is 94.9 Å². The Morgan fingerprint density at radius 3 is 2.12 bits per heavy atom. The monoisotopic (exact) mass is 1560 g/mol. The van der Waals surface area contributed by atoms with Gasteiger partial charge in [-0.2, -0.15) is 13.2 Å². The Bertz CT molecular complexity index is 4380. The number of likely N-dealkylation sites (tertiary alicyclic amines) is 1. The van der Waals surface area contributed by atoms with Gasteiger partial charge < -0.3 is 35.8 Å². The van der Waals surface area contributed by atoms with E-state index in [1.165, 1.54) is 33.9 Å². The Hall–Kier alpha value is -7.44. The summed E-state index contributed by atoms with van der Waals surface area (Å²) in [5, 5.41) is 20.3. The van der Waals surface area contributed by atoms with E-state index in [0.717, 1.165) is 82.2 Å². The standard InChI is InChI=1S/C77H95ClF4N10O10S4/c1-50(52-18-20-54(21-19-52)70-51(2)83-49-104-70)84-73(97)66-43-59(93)47-92(66)74(98)71(75(3,4)5)86-68(94)16-12-9-13-17-69(95)91-40-34-88(35-41-91)33-31-57(48-103-60-14-10-8-11-15-60)85-65-29-27-61(44-67(65)105(99,100)77(80,81)82)106(101,102)87-72(96)63-28-26-58(42-64(63)79)90-38-36-89(37-39-90)46-55-45-76(6,7)32-30-62(55)53-22-24-56(78)25-23-53/h8,10-11,14-15,18-29,42,44,49-50,57,59,66,71,85,93H,9,12-13,16-17,30-41,43,45-48H2,1-7H3,(H,84,97)(H,86,94)(H,87,96)/t50-,57+,59+,66-,71+/m0/s1. The van der Waals surface area contributed by atoms with Gasteiger partial charge in [0.05, 0.1) is 44.4 Å². The van der Waals surface area contributed by atoms with E-state index in [4.69, 9.17) is 11.6 Å². The van der Waals surface area contributed by atoms with Gasteiger partial charge in [0.1, 0.15) is 22.8 Å². The largest absolute Gasteiger partial charge is 0.501 e. The second-order valence-electron chi connectivity index (χ2n) is 29.8. The van der Waals surface area contributed by atoms with E-state index in [1.54, 1.807) is 26.5 Å². The number of aryl methyl sites for hydroxylation is 1. The zero-order valence-corrected chi connectivity index (χ0v) is 64.8. The van der Waals surface area contributed by atoms with Crippen LogP contribution in [0.5, 0.6) is 0 Å². The molecule has 5 atom stereocenters. The average molecular weight is 1560 g/mol. The molecule has 1 aliphatic carbocycles. The van der Waals surface area contributed by atoms with Gasteiger partial charge in [-0.15, -0.1) is 23.1 Å². The van der Waals surface area contributed by atoms with Crippen molar-refractivity contribution in [3.05, 3.63) is 160 Å². The molecule has 29 heteroatoms. The van der Waals surface area contributed by atoms with Gasteiger partial charge in [0.25, 0.3) is 25.8 Å². The third kappa shape index (κ3) is 20.9. The molecule has 5 amide bonds. The van der Waals surface area contributed by atoms with Gasteiger partial charge in [-0.25, -0.2) is 30.9 Å². The van der Waals surface area contributed by atoms with Crippen molar-refractivity contribution in [3.63, 3.8) is 0 Å². The molecule has 0 radical (unpaired) electrons. The van der Waals surface area contributed by atoms with Gasteiger partial charge in [-0.1, -0.05) is 113 Å². The number of halogens is 5. The molecule has 3 fully saturated rings. The summed E-state index contributed by atoms with van der Waals surface area (Å²) >= 11 is 9.12. The predicted octanol–water partition coefficient (Wildman–Crippen LogP) is 12.5. The molecule has 0 unspecified atom stereocenters. The van der Waals surface area contributed by atoms with Crippen molar-refractivity contribution in [1.29, 1.82) is 0 Å². The van der Waals surface area contributed by atoms with Crippen LogP contribution < -0.4 is 25.6 Å². The Kier molecular flexibility index (Phi) is 26.7. The second-order valence-corrected chi connectivity index (χ2v) is 35.8. The quantitative estimate of drug-likeness (QED) is 0.0174. The summed E-state index contributed by atoms with van der Waals surface area (Å²) in [5.41, 5.74) is 1.20. The van der Waals surface area contributed by atoms with Crippen LogP contribution in [0.15, 0.2) is 141 Å². The first kappa shape index (κ1) is 81.1. The number of β-amino-alcohol motifs (C(OH)–C–C–N with tert-alkyl or cyclic N) is 1. The topological polar surface area (TPSA) is 251 Å². The number of aliphatic hydroxyl groups is 1. The van der Waals surface area contributed by atoms with Crippen LogP contribution in [0, 0.1) is 23.6 Å². The first-order valence-electron chi connectivity index (χ1n) is 35.9. The molecule has 1 aromatic heterocycles. The number of carbonyl (C=O) groups is 5. The lowest BCUT2D eigenvalue weighted by atomic mass is 9.73. The van der Waals surface area contributed by atoms with Crippen LogP contribution in [0.3, 0.4) is 0 Å². The zero-order chi connectivity index (χ0) is 76.5. The SMILES string of the molecule is Cc1ncsc1-c1ccc([C@H](C)NC(=O)[C@@H]2C[C@@H](O)CN2C(=O)[C@@H](NC(=O)CCCCCC(=O)N2CCN(CC[C@H](CSc3ccccc3)Nc3ccc(S(=O)(=O)NC(=O)c4ccc(N5CCN(CC6=C(c7ccc(Cl)cc7)CCC(C)(C)C6)CC5)cc4F)cc3S(=O)(=O)C(F)(F)F)CC2)C(C)(C)C)cc1. The first-order chi connectivity index (χ1) is 50.1. The molecular weight excluding hydrogens is 1460 g/mol. The summed E-state index contributed by atoms with van der Waals surface area (Å²) in [5.74, 6) is -3.59. The smallest absolute Gasteiger partial charge is 0.391 e. The van der Waals surface area contributed by atoms with E-state index >= 15 is 4.39 Å². The number of benzene rings is 5. The third-order valence-corrected chi connectivity index (χ3v) is 25.5. The Morgan fingerprint density at radius 1 is 0.802 bits per heavy atom. The highest BCUT2D eigenvalue weighted by Gasteiger charge is 2.49. The number of allylic oxidation sites excluding steroid dienone is 1. The van der Waals surface area contributed by atoms with Crippen molar-refractivity contribution in [3.8, 4) is 10.4 Å². The Labute approximate surface area is 632 Å². The molecule has 106 heavy (non-hydrogen) atoms. The highest BCUT2D eigenvalue weighted by Crippen LogP contribution is 2.44. The maximum Gasteiger partial charge on any atom is 0.501 e. The van der Waals surface area contributed by atoms with Gasteiger partial charge >= 0.3 is 5.51 Å². The number of thiazole rings is 1. The summed E-state index contributed by atoms with van der Waals surface area (Å²) < 4.78 is 116. The molecule has 5 aromatic carbocycles. The lowest BCUT2D eigenvalue weighted by Gasteiger charge is -2.39. The zero-order valence-electron chi connectivity index (χ0n) is 60.8. The molecule has 0 spiro atoms. The number of alkyl halides is 3. The Morgan fingerprint density at radius 2 is 1.47 bits per heavy atom. The number of thioether (sulfide) groups is 1. The minimum absolute atomic E-state index is 0.0410. The maximum atomic E-state index is 15.9. The highest BCUT2D eigenvalue weighted by atomic mass is 35.5. The number of nitrogens with one attached hydrogen (secondary N) is 4. The van der Waals surface area contributed by atoms with Crippen molar-refractivity contribution in [2.45, 2.75) is 163 Å². The number of sulfone groups is 1. The van der Waals surface area contributed by atoms with Gasteiger partial charge in [0.2, 0.25) is 23.6 Å². The molecule has 10 rings (SSSR count). The number of carbonyl (C=O) groups excluding carboxylic acids is 5. The minimum Gasteiger partial charge on any atom is -0.391 e. The number of unbranched alkanes of at least 4 members (excludes halogenated alkanes) is 2. The third-order valence-electron chi connectivity index (χ3n) is 20.2. The molecule has 0 bridgehead atoms. The van der Waals surface area contributed by atoms with Crippen LogP contribution in [0.1, 0.15) is 139 Å². The number of nitrogens with zero attached hydrogens (tertiary/aromatic N) is 6. The second kappa shape index (κ2) is 34.8. The van der Waals surface area contributed by atoms with Crippen LogP contribution >= 0.6 is 34.7 Å². The summed E-state index contributed by atoms with van der Waals surface area (Å²) in [7, 11) is -11.4. The number of aromatic nitrogens is 1. The molecule has 5 N–H and O–H groups in total.